The van der Waals surface area contributed by atoms with Crippen molar-refractivity contribution in [3.8, 4) is 21.1 Å². The smallest absolute Gasteiger partial charge is 0.158 e. The highest BCUT2D eigenvalue weighted by Gasteiger charge is 2.22. The quantitative estimate of drug-likeness (QED) is 0.361. The van der Waals surface area contributed by atoms with E-state index in [4.69, 9.17) is 21.7 Å². The van der Waals surface area contributed by atoms with E-state index in [1.807, 2.05) is 35.3 Å². The Balaban J connectivity index is 1.95. The molecule has 0 radical (unpaired) electrons. The summed E-state index contributed by atoms with van der Waals surface area (Å²) in [5.74, 6) is 0.480. The molecule has 0 atom stereocenters. The molecule has 4 nitrogen and oxygen atoms in total. The van der Waals surface area contributed by atoms with Crippen LogP contribution in [0.1, 0.15) is 49.6 Å². The molecule has 0 aliphatic carbocycles. The number of imidazole rings is 1. The Morgan fingerprint density at radius 1 is 1.19 bits per heavy atom. The molecule has 0 spiro atoms. The molecule has 4 rings (SSSR count). The van der Waals surface area contributed by atoms with Crippen molar-refractivity contribution in [2.75, 3.05) is 0 Å². The van der Waals surface area contributed by atoms with Crippen LogP contribution in [0.25, 0.3) is 26.8 Å². The lowest BCUT2D eigenvalue weighted by atomic mass is 9.95. The minimum absolute atomic E-state index is 0.480. The van der Waals surface area contributed by atoms with Gasteiger partial charge in [0, 0.05) is 10.9 Å². The summed E-state index contributed by atoms with van der Waals surface area (Å²) in [5, 5.41) is 7.55. The van der Waals surface area contributed by atoms with Gasteiger partial charge in [-0.1, -0.05) is 25.4 Å². The molecule has 4 aromatic heterocycles. The Morgan fingerprint density at radius 3 is 2.63 bits per heavy atom. The van der Waals surface area contributed by atoms with Gasteiger partial charge in [0.1, 0.15) is 5.69 Å². The van der Waals surface area contributed by atoms with Crippen LogP contribution in [0.3, 0.4) is 0 Å². The molecule has 27 heavy (non-hydrogen) atoms. The van der Waals surface area contributed by atoms with Crippen molar-refractivity contribution in [3.05, 3.63) is 45.0 Å². The van der Waals surface area contributed by atoms with Gasteiger partial charge in [0.15, 0.2) is 5.65 Å². The molecule has 0 aromatic carbocycles. The molecule has 0 amide bonds. The molecular formula is C20H21ClN4S2. The first-order valence-corrected chi connectivity index (χ1v) is 11.2. The molecule has 0 aliphatic heterocycles. The number of hydrogen-bond donors (Lipinski definition) is 0. The van der Waals surface area contributed by atoms with Crippen LogP contribution in [0, 0.1) is 13.8 Å². The third-order valence-corrected chi connectivity index (χ3v) is 7.08. The van der Waals surface area contributed by atoms with Gasteiger partial charge in [-0.25, -0.2) is 14.5 Å². The number of hydrogen-bond acceptors (Lipinski definition) is 5. The van der Waals surface area contributed by atoms with E-state index in [1.54, 1.807) is 22.7 Å². The standard InChI is InChI=1S/C20H21ClN4S2/c1-5-13(6-2)14-7-11(3)24-25-18(12(4)23-20(14)25)19-15(21)8-17(27-19)16-9-26-10-22-16/h7-10,13H,5-6H2,1-4H3. The number of aryl methyl sites for hydroxylation is 2. The van der Waals surface area contributed by atoms with E-state index in [-0.39, 0.29) is 0 Å². The van der Waals surface area contributed by atoms with Crippen LogP contribution in [0.5, 0.6) is 0 Å². The highest BCUT2D eigenvalue weighted by Crippen LogP contribution is 2.42. The number of thiophene rings is 1. The highest BCUT2D eigenvalue weighted by molar-refractivity contribution is 7.19. The monoisotopic (exact) mass is 416 g/mol. The van der Waals surface area contributed by atoms with Crippen LogP contribution in [-0.2, 0) is 0 Å². The van der Waals surface area contributed by atoms with E-state index < -0.39 is 0 Å². The molecule has 0 bridgehead atoms. The summed E-state index contributed by atoms with van der Waals surface area (Å²) in [7, 11) is 0. The Kier molecular flexibility index (Phi) is 5.05. The number of aromatic nitrogens is 4. The molecule has 0 unspecified atom stereocenters. The molecule has 140 valence electrons. The number of rotatable bonds is 5. The minimum atomic E-state index is 0.480. The molecule has 0 fully saturated rings. The Hall–Kier alpha value is -1.76. The summed E-state index contributed by atoms with van der Waals surface area (Å²) < 4.78 is 1.99. The van der Waals surface area contributed by atoms with Crippen LogP contribution in [0.15, 0.2) is 23.0 Å². The van der Waals surface area contributed by atoms with Gasteiger partial charge in [-0.05, 0) is 44.7 Å². The number of thiazole rings is 1. The van der Waals surface area contributed by atoms with Crippen molar-refractivity contribution in [1.82, 2.24) is 19.6 Å². The highest BCUT2D eigenvalue weighted by atomic mass is 35.5. The number of fused-ring (bicyclic) bond motifs is 1. The topological polar surface area (TPSA) is 43.1 Å². The summed E-state index contributed by atoms with van der Waals surface area (Å²) in [6.45, 7) is 8.54. The second kappa shape index (κ2) is 7.34. The van der Waals surface area contributed by atoms with Gasteiger partial charge in [0.2, 0.25) is 0 Å². The van der Waals surface area contributed by atoms with Crippen molar-refractivity contribution in [2.45, 2.75) is 46.5 Å². The largest absolute Gasteiger partial charge is 0.244 e. The van der Waals surface area contributed by atoms with Gasteiger partial charge < -0.3 is 0 Å². The second-order valence-electron chi connectivity index (χ2n) is 6.70. The fourth-order valence-corrected chi connectivity index (χ4v) is 5.66. The van der Waals surface area contributed by atoms with E-state index >= 15 is 0 Å². The lowest BCUT2D eigenvalue weighted by Crippen LogP contribution is -2.04. The van der Waals surface area contributed by atoms with Crippen LogP contribution in [0.2, 0.25) is 5.02 Å². The van der Waals surface area contributed by atoms with Crippen LogP contribution in [-0.4, -0.2) is 19.6 Å². The second-order valence-corrected chi connectivity index (χ2v) is 8.88. The maximum absolute atomic E-state index is 6.64. The lowest BCUT2D eigenvalue weighted by molar-refractivity contribution is 0.638. The Labute approximate surface area is 171 Å². The molecule has 0 aliphatic rings. The van der Waals surface area contributed by atoms with Crippen molar-refractivity contribution in [1.29, 1.82) is 0 Å². The fourth-order valence-electron chi connectivity index (χ4n) is 3.56. The van der Waals surface area contributed by atoms with E-state index in [0.29, 0.717) is 5.92 Å². The first kappa shape index (κ1) is 18.6. The zero-order valence-corrected chi connectivity index (χ0v) is 18.2. The van der Waals surface area contributed by atoms with Gasteiger partial charge in [0.25, 0.3) is 0 Å². The summed E-state index contributed by atoms with van der Waals surface area (Å²) in [6.07, 6.45) is 2.18. The van der Waals surface area contributed by atoms with E-state index in [1.165, 1.54) is 5.56 Å². The number of halogens is 1. The van der Waals surface area contributed by atoms with Gasteiger partial charge >= 0.3 is 0 Å². The molecule has 4 heterocycles. The molecule has 0 saturated heterocycles. The van der Waals surface area contributed by atoms with Gasteiger partial charge in [0.05, 0.1) is 37.4 Å². The fraction of sp³-hybridized carbons (Fsp3) is 0.350. The molecule has 0 N–H and O–H groups in total. The van der Waals surface area contributed by atoms with E-state index in [9.17, 15) is 0 Å². The van der Waals surface area contributed by atoms with Crippen LogP contribution >= 0.6 is 34.3 Å². The number of nitrogens with zero attached hydrogens (tertiary/aromatic N) is 4. The zero-order valence-electron chi connectivity index (χ0n) is 15.8. The SMILES string of the molecule is CCC(CC)c1cc(C)nn2c(-c3sc(-c4cscn4)cc3Cl)c(C)nc12. The third kappa shape index (κ3) is 3.20. The lowest BCUT2D eigenvalue weighted by Gasteiger charge is -2.14. The summed E-state index contributed by atoms with van der Waals surface area (Å²) in [5.41, 5.74) is 7.96. The zero-order chi connectivity index (χ0) is 19.1. The van der Waals surface area contributed by atoms with Crippen LogP contribution in [0.4, 0.5) is 0 Å². The first-order valence-electron chi connectivity index (χ1n) is 9.08. The normalized spacial score (nSPS) is 11.8. The van der Waals surface area contributed by atoms with Gasteiger partial charge in [-0.2, -0.15) is 5.10 Å². The molecular weight excluding hydrogens is 396 g/mol. The molecule has 0 saturated carbocycles. The third-order valence-electron chi connectivity index (χ3n) is 4.92. The Morgan fingerprint density at radius 2 is 1.96 bits per heavy atom. The predicted octanol–water partition coefficient (Wildman–Crippen LogP) is 6.76. The minimum Gasteiger partial charge on any atom is -0.244 e. The Bertz CT molecular complexity index is 1090. The van der Waals surface area contributed by atoms with E-state index in [2.05, 4.69) is 24.9 Å². The molecule has 4 aromatic rings. The van der Waals surface area contributed by atoms with Gasteiger partial charge in [-0.3, -0.25) is 0 Å². The maximum atomic E-state index is 6.64. The summed E-state index contributed by atoms with van der Waals surface area (Å²) >= 11 is 9.87. The van der Waals surface area contributed by atoms with Crippen molar-refractivity contribution in [2.24, 2.45) is 0 Å². The predicted molar refractivity (Wildman–Crippen MR) is 115 cm³/mol. The average Bonchev–Trinajstić information content (AvgIpc) is 3.35. The maximum Gasteiger partial charge on any atom is 0.158 e. The average molecular weight is 417 g/mol. The van der Waals surface area contributed by atoms with Gasteiger partial charge in [-0.15, -0.1) is 22.7 Å². The summed E-state index contributed by atoms with van der Waals surface area (Å²) in [6, 6.07) is 4.17. The molecule has 7 heteroatoms. The van der Waals surface area contributed by atoms with Crippen molar-refractivity contribution < 1.29 is 0 Å². The van der Waals surface area contributed by atoms with Crippen molar-refractivity contribution >= 4 is 39.9 Å². The van der Waals surface area contributed by atoms with Crippen molar-refractivity contribution in [3.63, 3.8) is 0 Å². The summed E-state index contributed by atoms with van der Waals surface area (Å²) in [4.78, 5) is 11.4. The van der Waals surface area contributed by atoms with E-state index in [0.717, 1.165) is 56.0 Å². The van der Waals surface area contributed by atoms with Crippen LogP contribution < -0.4 is 0 Å². The first-order chi connectivity index (χ1) is 13.0.